The highest BCUT2D eigenvalue weighted by atomic mass is 16.6. The number of likely N-dealkylation sites (tertiary alicyclic amines) is 2. The first-order valence-corrected chi connectivity index (χ1v) is 13.3. The van der Waals surface area contributed by atoms with Gasteiger partial charge in [0.15, 0.2) is 0 Å². The largest absolute Gasteiger partial charge is 0.450 e. The molecule has 1 N–H and O–H groups in total. The number of nitrogens with one attached hydrogen (secondary N) is 1. The third-order valence-corrected chi connectivity index (χ3v) is 7.37. The van der Waals surface area contributed by atoms with Crippen LogP contribution in [0, 0.1) is 5.92 Å². The number of rotatable bonds is 8. The molecule has 0 spiro atoms. The lowest BCUT2D eigenvalue weighted by molar-refractivity contribution is 0.0945. The van der Waals surface area contributed by atoms with Gasteiger partial charge in [-0.1, -0.05) is 42.5 Å². The van der Waals surface area contributed by atoms with Crippen molar-refractivity contribution in [2.24, 2.45) is 5.92 Å². The summed E-state index contributed by atoms with van der Waals surface area (Å²) in [4.78, 5) is 30.9. The first-order valence-electron chi connectivity index (χ1n) is 13.3. The van der Waals surface area contributed by atoms with Crippen LogP contribution in [0.25, 0.3) is 10.8 Å². The molecule has 0 atom stereocenters. The maximum absolute atomic E-state index is 12.8. The standard InChI is InChI=1S/C29H40N4O3/c1-3-15-31(22-24-9-10-25-7-5-6-8-26(25)20-24)21-23-11-16-32(17-12-23)28(34)30-27-13-18-33(19-14-27)29(35)36-4-2/h3,5-10,20,23,27H,1,4,11-19,21-22H2,2H3,(H,30,34). The van der Waals surface area contributed by atoms with Gasteiger partial charge in [0.05, 0.1) is 6.61 Å². The van der Waals surface area contributed by atoms with E-state index < -0.39 is 0 Å². The second-order valence-corrected chi connectivity index (χ2v) is 10.0. The van der Waals surface area contributed by atoms with E-state index in [0.717, 1.165) is 58.4 Å². The van der Waals surface area contributed by atoms with Crippen LogP contribution < -0.4 is 5.32 Å². The number of carbonyl (C=O) groups is 2. The van der Waals surface area contributed by atoms with Gasteiger partial charge in [0.1, 0.15) is 0 Å². The van der Waals surface area contributed by atoms with E-state index in [0.29, 0.717) is 25.6 Å². The third-order valence-electron chi connectivity index (χ3n) is 7.37. The Kier molecular flexibility index (Phi) is 9.23. The highest BCUT2D eigenvalue weighted by Gasteiger charge is 2.28. The van der Waals surface area contributed by atoms with Crippen molar-refractivity contribution >= 4 is 22.9 Å². The predicted octanol–water partition coefficient (Wildman–Crippen LogP) is 4.87. The smallest absolute Gasteiger partial charge is 0.409 e. The summed E-state index contributed by atoms with van der Waals surface area (Å²) in [5.41, 5.74) is 1.32. The molecule has 2 aromatic carbocycles. The summed E-state index contributed by atoms with van der Waals surface area (Å²) in [6, 6.07) is 15.3. The Balaban J connectivity index is 1.21. The number of benzene rings is 2. The van der Waals surface area contributed by atoms with E-state index in [1.165, 1.54) is 16.3 Å². The van der Waals surface area contributed by atoms with Crippen LogP contribution in [0.1, 0.15) is 38.2 Å². The summed E-state index contributed by atoms with van der Waals surface area (Å²) < 4.78 is 5.08. The maximum Gasteiger partial charge on any atom is 0.409 e. The maximum atomic E-state index is 12.8. The van der Waals surface area contributed by atoms with Crippen LogP contribution in [-0.4, -0.2) is 78.7 Å². The van der Waals surface area contributed by atoms with Crippen molar-refractivity contribution in [3.63, 3.8) is 0 Å². The van der Waals surface area contributed by atoms with Crippen LogP contribution in [0.4, 0.5) is 9.59 Å². The number of hydrogen-bond acceptors (Lipinski definition) is 4. The molecule has 2 heterocycles. The van der Waals surface area contributed by atoms with Crippen LogP contribution >= 0.6 is 0 Å². The van der Waals surface area contributed by atoms with Crippen molar-refractivity contribution in [3.8, 4) is 0 Å². The molecule has 2 aliphatic heterocycles. The zero-order valence-corrected chi connectivity index (χ0v) is 21.5. The molecule has 36 heavy (non-hydrogen) atoms. The summed E-state index contributed by atoms with van der Waals surface area (Å²) in [5, 5.41) is 5.74. The minimum Gasteiger partial charge on any atom is -0.450 e. The van der Waals surface area contributed by atoms with Gasteiger partial charge in [-0.3, -0.25) is 4.90 Å². The molecule has 7 heteroatoms. The number of nitrogens with zero attached hydrogens (tertiary/aromatic N) is 3. The fraction of sp³-hybridized carbons (Fsp3) is 0.517. The van der Waals surface area contributed by atoms with Gasteiger partial charge in [0.25, 0.3) is 0 Å². The van der Waals surface area contributed by atoms with Gasteiger partial charge in [0, 0.05) is 51.9 Å². The average molecular weight is 493 g/mol. The number of piperidine rings is 2. The number of amides is 3. The van der Waals surface area contributed by atoms with Crippen molar-refractivity contribution in [1.82, 2.24) is 20.0 Å². The molecule has 0 bridgehead atoms. The lowest BCUT2D eigenvalue weighted by atomic mass is 9.96. The van der Waals surface area contributed by atoms with Gasteiger partial charge in [-0.25, -0.2) is 9.59 Å². The van der Waals surface area contributed by atoms with Gasteiger partial charge in [-0.2, -0.15) is 0 Å². The Morgan fingerprint density at radius 2 is 1.72 bits per heavy atom. The molecule has 0 radical (unpaired) electrons. The lowest BCUT2D eigenvalue weighted by Gasteiger charge is -2.37. The molecule has 0 aromatic heterocycles. The SMILES string of the molecule is C=CCN(Cc1ccc2ccccc2c1)CC1CCN(C(=O)NC2CCN(C(=O)OCC)CC2)CC1. The molecule has 7 nitrogen and oxygen atoms in total. The molecule has 0 aliphatic carbocycles. The van der Waals surface area contributed by atoms with E-state index in [-0.39, 0.29) is 18.2 Å². The Labute approximate surface area is 215 Å². The van der Waals surface area contributed by atoms with Crippen LogP contribution in [0.15, 0.2) is 55.1 Å². The van der Waals surface area contributed by atoms with E-state index in [9.17, 15) is 9.59 Å². The zero-order valence-electron chi connectivity index (χ0n) is 21.5. The number of urea groups is 1. The Morgan fingerprint density at radius 1 is 1.03 bits per heavy atom. The highest BCUT2D eigenvalue weighted by Crippen LogP contribution is 2.22. The summed E-state index contributed by atoms with van der Waals surface area (Å²) >= 11 is 0. The average Bonchev–Trinajstić information content (AvgIpc) is 2.90. The topological polar surface area (TPSA) is 65.1 Å². The van der Waals surface area contributed by atoms with E-state index in [1.54, 1.807) is 4.90 Å². The van der Waals surface area contributed by atoms with E-state index in [1.807, 2.05) is 17.9 Å². The van der Waals surface area contributed by atoms with Gasteiger partial charge >= 0.3 is 12.1 Å². The minimum absolute atomic E-state index is 0.0298. The molecule has 0 saturated carbocycles. The van der Waals surface area contributed by atoms with Crippen LogP contribution in [0.3, 0.4) is 0 Å². The Morgan fingerprint density at radius 3 is 2.42 bits per heavy atom. The fourth-order valence-electron chi connectivity index (χ4n) is 5.35. The fourth-order valence-corrected chi connectivity index (χ4v) is 5.35. The van der Waals surface area contributed by atoms with Crippen molar-refractivity contribution in [2.75, 3.05) is 45.9 Å². The third kappa shape index (κ3) is 7.00. The van der Waals surface area contributed by atoms with Gasteiger partial charge in [-0.15, -0.1) is 6.58 Å². The molecular weight excluding hydrogens is 452 g/mol. The van der Waals surface area contributed by atoms with Crippen molar-refractivity contribution in [3.05, 3.63) is 60.7 Å². The normalized spacial score (nSPS) is 17.4. The number of hydrogen-bond donors (Lipinski definition) is 1. The first kappa shape index (κ1) is 26.0. The van der Waals surface area contributed by atoms with Crippen molar-refractivity contribution in [1.29, 1.82) is 0 Å². The van der Waals surface area contributed by atoms with Crippen LogP contribution in [0.2, 0.25) is 0 Å². The molecule has 2 aromatic rings. The molecule has 2 saturated heterocycles. The van der Waals surface area contributed by atoms with E-state index >= 15 is 0 Å². The lowest BCUT2D eigenvalue weighted by Crippen LogP contribution is -2.52. The zero-order chi connectivity index (χ0) is 25.3. The van der Waals surface area contributed by atoms with Crippen LogP contribution in [-0.2, 0) is 11.3 Å². The molecule has 0 unspecified atom stereocenters. The van der Waals surface area contributed by atoms with Crippen molar-refractivity contribution < 1.29 is 14.3 Å². The molecule has 194 valence electrons. The molecule has 4 rings (SSSR count). The minimum atomic E-state index is -0.254. The molecular formula is C29H40N4O3. The first-order chi connectivity index (χ1) is 17.6. The monoisotopic (exact) mass is 492 g/mol. The Bertz CT molecular complexity index is 1030. The highest BCUT2D eigenvalue weighted by molar-refractivity contribution is 5.83. The quantitative estimate of drug-likeness (QED) is 0.534. The summed E-state index contributed by atoms with van der Waals surface area (Å²) in [5.74, 6) is 0.572. The van der Waals surface area contributed by atoms with E-state index in [2.05, 4.69) is 59.3 Å². The van der Waals surface area contributed by atoms with Gasteiger partial charge < -0.3 is 19.9 Å². The second-order valence-electron chi connectivity index (χ2n) is 10.0. The second kappa shape index (κ2) is 12.8. The molecule has 2 aliphatic rings. The van der Waals surface area contributed by atoms with E-state index in [4.69, 9.17) is 4.74 Å². The number of fused-ring (bicyclic) bond motifs is 1. The van der Waals surface area contributed by atoms with Crippen LogP contribution in [0.5, 0.6) is 0 Å². The summed E-state index contributed by atoms with van der Waals surface area (Å²) in [7, 11) is 0. The van der Waals surface area contributed by atoms with Gasteiger partial charge in [-0.05, 0) is 60.9 Å². The molecule has 2 fully saturated rings. The number of carbonyl (C=O) groups excluding carboxylic acids is 2. The van der Waals surface area contributed by atoms with Crippen molar-refractivity contribution in [2.45, 2.75) is 45.2 Å². The number of ether oxygens (including phenoxy) is 1. The Hall–Kier alpha value is -3.06. The summed E-state index contributed by atoms with van der Waals surface area (Å²) in [6.07, 6.45) is 5.30. The predicted molar refractivity (Wildman–Crippen MR) is 144 cm³/mol. The molecule has 3 amide bonds. The summed E-state index contributed by atoms with van der Waals surface area (Å²) in [6.45, 7) is 11.8. The van der Waals surface area contributed by atoms with Gasteiger partial charge in [0.2, 0.25) is 0 Å².